The Kier molecular flexibility index (Phi) is 2.35. The summed E-state index contributed by atoms with van der Waals surface area (Å²) in [5.41, 5.74) is 0. The van der Waals surface area contributed by atoms with Crippen LogP contribution in [0.15, 0.2) is 0 Å². The van der Waals surface area contributed by atoms with Crippen molar-refractivity contribution < 1.29 is 4.79 Å². The first-order chi connectivity index (χ1) is 2.27. The zero-order chi connectivity index (χ0) is 4.28. The molecular weight excluding hydrogens is 181 g/mol. The summed E-state index contributed by atoms with van der Waals surface area (Å²) in [5.74, 6) is 0. The van der Waals surface area contributed by atoms with Crippen molar-refractivity contribution in [3.05, 3.63) is 0 Å². The molecule has 28 valence electrons. The molecule has 0 radical (unpaired) electrons. The molecule has 0 aromatic rings. The van der Waals surface area contributed by atoms with Crippen LogP contribution in [0.3, 0.4) is 0 Å². The van der Waals surface area contributed by atoms with E-state index in [1.54, 1.807) is 0 Å². The third-order valence-corrected chi connectivity index (χ3v) is 0.425. The van der Waals surface area contributed by atoms with E-state index in [-0.39, 0.29) is 3.79 Å². The van der Waals surface area contributed by atoms with E-state index in [1.165, 1.54) is 22.6 Å². The number of carbonyl (C=O) groups excluding carboxylic acids is 1. The molecule has 3 heteroatoms. The molecule has 0 bridgehead atoms. The van der Waals surface area contributed by atoms with Crippen molar-refractivity contribution in [2.75, 3.05) is 0 Å². The summed E-state index contributed by atoms with van der Waals surface area (Å²) in [7, 11) is 0. The smallest absolute Gasteiger partial charge is 0.232 e. The molecule has 2 nitrogen and oxygen atoms in total. The third-order valence-electron chi connectivity index (χ3n) is 0.113. The summed E-state index contributed by atoms with van der Waals surface area (Å²) in [4.78, 5) is 9.56. The first-order valence-corrected chi connectivity index (χ1v) is 2.05. The minimum Gasteiger partial charge on any atom is -0.304 e. The van der Waals surface area contributed by atoms with Gasteiger partial charge in [0.05, 0.1) is 6.21 Å². The van der Waals surface area contributed by atoms with Crippen LogP contribution in [0.25, 0.3) is 0 Å². The average molecular weight is 183 g/mol. The Morgan fingerprint density at radius 3 is 2.20 bits per heavy atom. The van der Waals surface area contributed by atoms with Gasteiger partial charge in [0.25, 0.3) is 0 Å². The van der Waals surface area contributed by atoms with Crippen molar-refractivity contribution in [3.8, 4) is 0 Å². The van der Waals surface area contributed by atoms with E-state index in [1.807, 2.05) is 0 Å². The van der Waals surface area contributed by atoms with Crippen molar-refractivity contribution in [1.82, 2.24) is 0 Å². The summed E-state index contributed by atoms with van der Waals surface area (Å²) < 4.78 is -0.234. The van der Waals surface area contributed by atoms with Crippen LogP contribution >= 0.6 is 22.6 Å². The molecule has 0 aliphatic carbocycles. The van der Waals surface area contributed by atoms with Gasteiger partial charge in [-0.1, -0.05) is 0 Å². The molecule has 1 N–H and O–H groups in total. The highest BCUT2D eigenvalue weighted by atomic mass is 127. The van der Waals surface area contributed by atoms with Gasteiger partial charge >= 0.3 is 0 Å². The molecule has 0 spiro atoms. The molecule has 0 atom stereocenters. The molecule has 0 rings (SSSR count). The largest absolute Gasteiger partial charge is 0.304 e. The van der Waals surface area contributed by atoms with Gasteiger partial charge in [-0.15, -0.1) is 0 Å². The number of hydrogen-bond acceptors (Lipinski definition) is 2. The molecule has 5 heavy (non-hydrogen) atoms. The molecule has 0 aliphatic rings. The van der Waals surface area contributed by atoms with Crippen LogP contribution in [0.5, 0.6) is 0 Å². The lowest BCUT2D eigenvalue weighted by molar-refractivity contribution is -0.103. The van der Waals surface area contributed by atoms with Crippen molar-refractivity contribution >= 4 is 32.6 Å². The summed E-state index contributed by atoms with van der Waals surface area (Å²) in [6.45, 7) is 0. The van der Waals surface area contributed by atoms with Gasteiger partial charge in [0.2, 0.25) is 3.79 Å². The van der Waals surface area contributed by atoms with E-state index in [0.29, 0.717) is 0 Å². The van der Waals surface area contributed by atoms with Crippen LogP contribution in [0.4, 0.5) is 0 Å². The highest BCUT2D eigenvalue weighted by molar-refractivity contribution is 14.1. The Balaban J connectivity index is 3.20. The standard InChI is InChI=1S/C2H2INO/c3-2(5)1-4/h1,4H. The van der Waals surface area contributed by atoms with Crippen LogP contribution in [-0.4, -0.2) is 10.0 Å². The summed E-state index contributed by atoms with van der Waals surface area (Å²) in [6, 6.07) is 0. The lowest BCUT2D eigenvalue weighted by Crippen LogP contribution is -1.78. The summed E-state index contributed by atoms with van der Waals surface area (Å²) >= 11 is 1.52. The normalized spacial score (nSPS) is 6.60. The van der Waals surface area contributed by atoms with Gasteiger partial charge in [-0.2, -0.15) is 0 Å². The fraction of sp³-hybridized carbons (Fsp3) is 0. The van der Waals surface area contributed by atoms with E-state index in [0.717, 1.165) is 6.21 Å². The van der Waals surface area contributed by atoms with E-state index >= 15 is 0 Å². The van der Waals surface area contributed by atoms with Crippen LogP contribution in [0.2, 0.25) is 0 Å². The molecule has 0 saturated heterocycles. The maximum atomic E-state index is 9.56. The molecule has 0 aliphatic heterocycles. The van der Waals surface area contributed by atoms with Gasteiger partial charge in [-0.05, 0) is 0 Å². The predicted octanol–water partition coefficient (Wildman–Crippen LogP) is 0.598. The quantitative estimate of drug-likeness (QED) is 0.361. The lowest BCUT2D eigenvalue weighted by Gasteiger charge is -1.58. The Bertz CT molecular complexity index is 60.7. The Hall–Kier alpha value is 0.0700. The second-order valence-electron chi connectivity index (χ2n) is 0.448. The number of nitrogens with one attached hydrogen (secondary N) is 1. The molecule has 0 amide bonds. The molecule has 0 heterocycles. The third kappa shape index (κ3) is 4.07. The topological polar surface area (TPSA) is 40.9 Å². The number of carbonyl (C=O) groups is 1. The van der Waals surface area contributed by atoms with Crippen LogP contribution in [0.1, 0.15) is 0 Å². The maximum absolute atomic E-state index is 9.56. The highest BCUT2D eigenvalue weighted by Gasteiger charge is 1.75. The van der Waals surface area contributed by atoms with Crippen LogP contribution < -0.4 is 0 Å². The molecule has 0 unspecified atom stereocenters. The minimum atomic E-state index is -0.234. The second kappa shape index (κ2) is 2.32. The highest BCUT2D eigenvalue weighted by Crippen LogP contribution is 1.74. The van der Waals surface area contributed by atoms with E-state index < -0.39 is 0 Å². The lowest BCUT2D eigenvalue weighted by atomic mass is 10.9. The van der Waals surface area contributed by atoms with Gasteiger partial charge < -0.3 is 5.41 Å². The fourth-order valence-electron chi connectivity index (χ4n) is 0. The van der Waals surface area contributed by atoms with E-state index in [2.05, 4.69) is 0 Å². The van der Waals surface area contributed by atoms with E-state index in [9.17, 15) is 4.79 Å². The van der Waals surface area contributed by atoms with Crippen molar-refractivity contribution in [1.29, 1.82) is 5.41 Å². The van der Waals surface area contributed by atoms with Gasteiger partial charge in [-0.3, -0.25) is 4.79 Å². The van der Waals surface area contributed by atoms with Crippen LogP contribution in [0, 0.1) is 5.41 Å². The van der Waals surface area contributed by atoms with Gasteiger partial charge in [0.1, 0.15) is 0 Å². The Morgan fingerprint density at radius 1 is 2.00 bits per heavy atom. The van der Waals surface area contributed by atoms with Crippen LogP contribution in [-0.2, 0) is 4.79 Å². The predicted molar refractivity (Wildman–Crippen MR) is 27.8 cm³/mol. The number of halogens is 1. The van der Waals surface area contributed by atoms with Gasteiger partial charge in [0, 0.05) is 22.6 Å². The van der Waals surface area contributed by atoms with Gasteiger partial charge in [0.15, 0.2) is 0 Å². The fourth-order valence-corrected chi connectivity index (χ4v) is 0. The zero-order valence-electron chi connectivity index (χ0n) is 2.36. The first-order valence-electron chi connectivity index (χ1n) is 0.970. The Morgan fingerprint density at radius 2 is 2.20 bits per heavy atom. The Labute approximate surface area is 43.2 Å². The maximum Gasteiger partial charge on any atom is 0.232 e. The molecular formula is C2H2INO. The molecule has 0 aromatic carbocycles. The first kappa shape index (κ1) is 5.07. The van der Waals surface area contributed by atoms with Gasteiger partial charge in [-0.25, -0.2) is 0 Å². The minimum absolute atomic E-state index is 0.234. The zero-order valence-corrected chi connectivity index (χ0v) is 4.52. The molecule has 0 saturated carbocycles. The average Bonchev–Trinajstić information content (AvgIpc) is 1.38. The summed E-state index contributed by atoms with van der Waals surface area (Å²) in [5, 5.41) is 6.18. The monoisotopic (exact) mass is 183 g/mol. The number of hydrogen-bond donors (Lipinski definition) is 1. The molecule has 0 fully saturated rings. The summed E-state index contributed by atoms with van der Waals surface area (Å²) in [6.07, 6.45) is 0.764. The molecule has 0 aromatic heterocycles. The SMILES string of the molecule is N=CC(=O)I. The van der Waals surface area contributed by atoms with Crippen molar-refractivity contribution in [3.63, 3.8) is 0 Å². The van der Waals surface area contributed by atoms with Crippen molar-refractivity contribution in [2.24, 2.45) is 0 Å². The second-order valence-corrected chi connectivity index (χ2v) is 1.51. The van der Waals surface area contributed by atoms with Crippen molar-refractivity contribution in [2.45, 2.75) is 0 Å². The van der Waals surface area contributed by atoms with E-state index in [4.69, 9.17) is 5.41 Å². The number of rotatable bonds is 1.